The van der Waals surface area contributed by atoms with Crippen LogP contribution in [0.1, 0.15) is 6.42 Å². The number of nitrogens with zero attached hydrogens (tertiary/aromatic N) is 1. The molecule has 1 aliphatic heterocycles. The molecule has 0 aromatic carbocycles. The first kappa shape index (κ1) is 12.5. The molecule has 7 heteroatoms. The summed E-state index contributed by atoms with van der Waals surface area (Å²) < 4.78 is 0. The second kappa shape index (κ2) is 3.79. The van der Waals surface area contributed by atoms with Gasteiger partial charge in [0.1, 0.15) is 17.7 Å². The number of carbonyl (C=O) groups is 2. The van der Waals surface area contributed by atoms with Crippen molar-refractivity contribution in [2.75, 3.05) is 0 Å². The van der Waals surface area contributed by atoms with Gasteiger partial charge in [0.25, 0.3) is 0 Å². The minimum atomic E-state index is -1.58. The van der Waals surface area contributed by atoms with Crippen LogP contribution in [0, 0.1) is 0 Å². The maximum absolute atomic E-state index is 10.9. The van der Waals surface area contributed by atoms with Gasteiger partial charge in [0, 0.05) is 21.1 Å². The van der Waals surface area contributed by atoms with E-state index in [9.17, 15) is 25.0 Å². The number of hydrogen-bond donors (Lipinski definition) is 3. The number of hydroxylamine groups is 2. The SMILES string of the molecule is O=C1C=CC2(CC(=O)N2O)[C@H](O)[C@@H]1O.[W]. The van der Waals surface area contributed by atoms with E-state index in [0.29, 0.717) is 5.06 Å². The maximum atomic E-state index is 10.9. The number of carbonyl (C=O) groups excluding carboxylic acids is 2. The van der Waals surface area contributed by atoms with Gasteiger partial charge in [-0.2, -0.15) is 0 Å². The van der Waals surface area contributed by atoms with Crippen LogP contribution in [-0.2, 0) is 30.7 Å². The Labute approximate surface area is 99.4 Å². The molecule has 2 rings (SSSR count). The Morgan fingerprint density at radius 2 is 2.00 bits per heavy atom. The number of rotatable bonds is 0. The van der Waals surface area contributed by atoms with E-state index in [1.165, 1.54) is 6.08 Å². The van der Waals surface area contributed by atoms with Crippen molar-refractivity contribution in [3.63, 3.8) is 0 Å². The van der Waals surface area contributed by atoms with Crippen LogP contribution in [0.15, 0.2) is 12.2 Å². The van der Waals surface area contributed by atoms with Crippen molar-refractivity contribution < 1.29 is 46.1 Å². The molecule has 1 heterocycles. The van der Waals surface area contributed by atoms with Gasteiger partial charge in [-0.25, -0.2) is 5.06 Å². The van der Waals surface area contributed by atoms with Gasteiger partial charge in [-0.1, -0.05) is 0 Å². The van der Waals surface area contributed by atoms with Gasteiger partial charge in [-0.05, 0) is 12.2 Å². The average Bonchev–Trinajstić information content (AvgIpc) is 2.18. The van der Waals surface area contributed by atoms with E-state index in [0.717, 1.165) is 6.08 Å². The zero-order valence-electron chi connectivity index (χ0n) is 7.53. The fourth-order valence-corrected chi connectivity index (χ4v) is 1.74. The molecule has 2 aliphatic rings. The van der Waals surface area contributed by atoms with E-state index in [4.69, 9.17) is 0 Å². The van der Waals surface area contributed by atoms with Crippen molar-refractivity contribution in [1.82, 2.24) is 5.06 Å². The molecule has 1 amide bonds. The molecule has 0 radical (unpaired) electrons. The summed E-state index contributed by atoms with van der Waals surface area (Å²) in [6.07, 6.45) is -0.849. The Morgan fingerprint density at radius 1 is 1.40 bits per heavy atom. The normalized spacial score (nSPS) is 39.0. The van der Waals surface area contributed by atoms with Crippen LogP contribution in [0.5, 0.6) is 0 Å². The summed E-state index contributed by atoms with van der Waals surface area (Å²) in [6.45, 7) is 0. The second-order valence-electron chi connectivity index (χ2n) is 3.50. The Hall–Kier alpha value is -0.552. The van der Waals surface area contributed by atoms with Crippen LogP contribution in [0.3, 0.4) is 0 Å². The van der Waals surface area contributed by atoms with Gasteiger partial charge in [0.2, 0.25) is 5.91 Å². The Bertz CT molecular complexity index is 344. The molecule has 1 aliphatic carbocycles. The van der Waals surface area contributed by atoms with Crippen LogP contribution in [-0.4, -0.2) is 49.9 Å². The molecule has 82 valence electrons. The number of aliphatic hydroxyl groups excluding tert-OH is 2. The predicted molar refractivity (Wildman–Crippen MR) is 42.1 cm³/mol. The molecular formula is C8H9NO5W. The van der Waals surface area contributed by atoms with Gasteiger partial charge in [0.05, 0.1) is 6.42 Å². The Morgan fingerprint density at radius 3 is 2.47 bits per heavy atom. The van der Waals surface area contributed by atoms with Crippen molar-refractivity contribution >= 4 is 11.7 Å². The van der Waals surface area contributed by atoms with E-state index < -0.39 is 29.4 Å². The summed E-state index contributed by atoms with van der Waals surface area (Å²) in [6, 6.07) is 0. The molecule has 6 nitrogen and oxygen atoms in total. The largest absolute Gasteiger partial charge is 0.387 e. The Kier molecular flexibility index (Phi) is 3.16. The van der Waals surface area contributed by atoms with E-state index >= 15 is 0 Å². The summed E-state index contributed by atoms with van der Waals surface area (Å²) in [7, 11) is 0. The first-order valence-corrected chi connectivity index (χ1v) is 4.10. The zero-order chi connectivity index (χ0) is 10.5. The molecule has 0 saturated carbocycles. The molecule has 3 atom stereocenters. The van der Waals surface area contributed by atoms with Gasteiger partial charge < -0.3 is 10.2 Å². The molecule has 0 aromatic rings. The van der Waals surface area contributed by atoms with Crippen LogP contribution >= 0.6 is 0 Å². The molecule has 1 spiro atoms. The van der Waals surface area contributed by atoms with Gasteiger partial charge >= 0.3 is 0 Å². The first-order chi connectivity index (χ1) is 6.49. The fraction of sp³-hybridized carbons (Fsp3) is 0.500. The third-order valence-corrected chi connectivity index (χ3v) is 2.70. The molecule has 1 unspecified atom stereocenters. The number of aliphatic hydroxyl groups is 2. The van der Waals surface area contributed by atoms with E-state index in [1.54, 1.807) is 0 Å². The summed E-state index contributed by atoms with van der Waals surface area (Å²) in [5, 5.41) is 28.3. The number of β-lactam (4-membered cyclic amide) rings is 1. The van der Waals surface area contributed by atoms with Crippen molar-refractivity contribution in [3.05, 3.63) is 12.2 Å². The zero-order valence-corrected chi connectivity index (χ0v) is 10.5. The summed E-state index contributed by atoms with van der Waals surface area (Å²) >= 11 is 0. The van der Waals surface area contributed by atoms with E-state index in [1.807, 2.05) is 0 Å². The topological polar surface area (TPSA) is 98.1 Å². The van der Waals surface area contributed by atoms with Gasteiger partial charge in [0.15, 0.2) is 5.78 Å². The minimum absolute atomic E-state index is 0. The summed E-state index contributed by atoms with van der Waals surface area (Å²) in [5.74, 6) is -1.17. The molecule has 3 N–H and O–H groups in total. The van der Waals surface area contributed by atoms with Crippen molar-refractivity contribution in [2.45, 2.75) is 24.2 Å². The fourth-order valence-electron chi connectivity index (χ4n) is 1.74. The molecule has 0 aromatic heterocycles. The third-order valence-electron chi connectivity index (χ3n) is 2.70. The van der Waals surface area contributed by atoms with Crippen LogP contribution in [0.25, 0.3) is 0 Å². The predicted octanol–water partition coefficient (Wildman–Crippen LogP) is -1.80. The summed E-state index contributed by atoms with van der Waals surface area (Å²) in [4.78, 5) is 21.7. The van der Waals surface area contributed by atoms with Crippen molar-refractivity contribution in [3.8, 4) is 0 Å². The maximum Gasteiger partial charge on any atom is 0.249 e. The number of ketones is 1. The van der Waals surface area contributed by atoms with Crippen molar-refractivity contribution in [2.24, 2.45) is 0 Å². The standard InChI is InChI=1S/C8H9NO5.W/c10-4-1-2-8(7(13)6(4)12)3-5(11)9(8)14;/h1-2,6-7,12-14H,3H2;/t6-,7-,8?;/m1./s1. The van der Waals surface area contributed by atoms with Gasteiger partial charge in [-0.15, -0.1) is 0 Å². The molecule has 0 bridgehead atoms. The van der Waals surface area contributed by atoms with Crippen molar-refractivity contribution in [1.29, 1.82) is 0 Å². The molecular weight excluding hydrogens is 374 g/mol. The van der Waals surface area contributed by atoms with Crippen LogP contribution in [0.4, 0.5) is 0 Å². The second-order valence-corrected chi connectivity index (χ2v) is 3.50. The molecule has 15 heavy (non-hydrogen) atoms. The molecule has 1 saturated heterocycles. The van der Waals surface area contributed by atoms with Crippen LogP contribution < -0.4 is 0 Å². The Balaban J connectivity index is 0.00000112. The quantitative estimate of drug-likeness (QED) is 0.339. The minimum Gasteiger partial charge on any atom is -0.387 e. The van der Waals surface area contributed by atoms with Gasteiger partial charge in [-0.3, -0.25) is 14.8 Å². The van der Waals surface area contributed by atoms with Crippen LogP contribution in [0.2, 0.25) is 0 Å². The van der Waals surface area contributed by atoms with E-state index in [-0.39, 0.29) is 27.5 Å². The molecule has 1 fully saturated rings. The monoisotopic (exact) mass is 383 g/mol. The first-order valence-electron chi connectivity index (χ1n) is 4.10. The third kappa shape index (κ3) is 1.49. The number of amides is 1. The smallest absolute Gasteiger partial charge is 0.249 e. The number of hydrogen-bond acceptors (Lipinski definition) is 5. The average molecular weight is 383 g/mol. The van der Waals surface area contributed by atoms with E-state index in [2.05, 4.69) is 0 Å². The summed E-state index contributed by atoms with van der Waals surface area (Å²) in [5.41, 5.74) is -1.32.